The maximum Gasteiger partial charge on any atom is 0.244 e. The van der Waals surface area contributed by atoms with Gasteiger partial charge in [0.1, 0.15) is 10.6 Å². The number of sulfonamides is 1. The van der Waals surface area contributed by atoms with Gasteiger partial charge < -0.3 is 10.5 Å². The number of rotatable bonds is 6. The molecular weight excluding hydrogens is 264 g/mol. The van der Waals surface area contributed by atoms with Gasteiger partial charge in [0.05, 0.1) is 7.11 Å². The summed E-state index contributed by atoms with van der Waals surface area (Å²) < 4.78 is 32.6. The summed E-state index contributed by atoms with van der Waals surface area (Å²) in [6, 6.07) is 4.46. The lowest BCUT2D eigenvalue weighted by Crippen LogP contribution is -2.38. The molecule has 0 aliphatic rings. The summed E-state index contributed by atoms with van der Waals surface area (Å²) in [7, 11) is -2.20. The van der Waals surface area contributed by atoms with Crippen LogP contribution in [0.2, 0.25) is 0 Å². The minimum atomic E-state index is -3.64. The average Bonchev–Trinajstić information content (AvgIpc) is 2.35. The Morgan fingerprint density at radius 1 is 1.37 bits per heavy atom. The summed E-state index contributed by atoms with van der Waals surface area (Å²) in [4.78, 5) is 0.0779. The van der Waals surface area contributed by atoms with Gasteiger partial charge in [0, 0.05) is 11.7 Å². The van der Waals surface area contributed by atoms with E-state index in [-0.39, 0.29) is 16.9 Å². The first kappa shape index (κ1) is 15.8. The third-order valence-corrected chi connectivity index (χ3v) is 4.54. The molecule has 0 aromatic heterocycles. The first-order valence-corrected chi connectivity index (χ1v) is 7.76. The second-order valence-electron chi connectivity index (χ2n) is 4.79. The van der Waals surface area contributed by atoms with Gasteiger partial charge in [-0.3, -0.25) is 0 Å². The van der Waals surface area contributed by atoms with Crippen LogP contribution >= 0.6 is 0 Å². The SMILES string of the molecule is CCC(NS(=O)(=O)c1cc(N)ccc1OC)C(C)C. The highest BCUT2D eigenvalue weighted by Crippen LogP contribution is 2.26. The van der Waals surface area contributed by atoms with Crippen molar-refractivity contribution < 1.29 is 13.2 Å². The van der Waals surface area contributed by atoms with Crippen molar-refractivity contribution in [1.29, 1.82) is 0 Å². The monoisotopic (exact) mass is 286 g/mol. The van der Waals surface area contributed by atoms with Gasteiger partial charge in [-0.05, 0) is 30.5 Å². The highest BCUT2D eigenvalue weighted by molar-refractivity contribution is 7.89. The Labute approximate surface area is 115 Å². The minimum Gasteiger partial charge on any atom is -0.495 e. The van der Waals surface area contributed by atoms with Crippen LogP contribution in [0.25, 0.3) is 0 Å². The van der Waals surface area contributed by atoms with Crippen molar-refractivity contribution in [3.63, 3.8) is 0 Å². The first-order chi connectivity index (χ1) is 8.81. The molecule has 5 nitrogen and oxygen atoms in total. The Bertz CT molecular complexity index is 527. The molecule has 1 atom stereocenters. The zero-order valence-electron chi connectivity index (χ0n) is 11.8. The van der Waals surface area contributed by atoms with Crippen molar-refractivity contribution in [3.05, 3.63) is 18.2 Å². The Balaban J connectivity index is 3.16. The molecule has 108 valence electrons. The Kier molecular flexibility index (Phi) is 5.20. The molecule has 1 aromatic carbocycles. The number of hydrogen-bond donors (Lipinski definition) is 2. The molecule has 3 N–H and O–H groups in total. The zero-order valence-corrected chi connectivity index (χ0v) is 12.6. The van der Waals surface area contributed by atoms with E-state index in [2.05, 4.69) is 4.72 Å². The number of nitrogens with two attached hydrogens (primary N) is 1. The molecular formula is C13H22N2O3S. The van der Waals surface area contributed by atoms with Crippen molar-refractivity contribution >= 4 is 15.7 Å². The molecule has 6 heteroatoms. The minimum absolute atomic E-state index is 0.0779. The van der Waals surface area contributed by atoms with Crippen molar-refractivity contribution in [2.45, 2.75) is 38.1 Å². The Morgan fingerprint density at radius 2 is 2.00 bits per heavy atom. The van der Waals surface area contributed by atoms with Gasteiger partial charge in [-0.2, -0.15) is 0 Å². The van der Waals surface area contributed by atoms with Gasteiger partial charge in [0.2, 0.25) is 10.0 Å². The zero-order chi connectivity index (χ0) is 14.6. The van der Waals surface area contributed by atoms with E-state index in [1.54, 1.807) is 12.1 Å². The molecule has 1 rings (SSSR count). The molecule has 0 amide bonds. The van der Waals surface area contributed by atoms with E-state index in [0.29, 0.717) is 11.4 Å². The second-order valence-corrected chi connectivity index (χ2v) is 6.47. The van der Waals surface area contributed by atoms with Crippen LogP contribution in [-0.4, -0.2) is 21.6 Å². The molecule has 0 heterocycles. The molecule has 0 saturated heterocycles. The van der Waals surface area contributed by atoms with Crippen LogP contribution < -0.4 is 15.2 Å². The quantitative estimate of drug-likeness (QED) is 0.784. The number of nitrogen functional groups attached to an aromatic ring is 1. The largest absolute Gasteiger partial charge is 0.495 e. The molecule has 0 spiro atoms. The van der Waals surface area contributed by atoms with Crippen molar-refractivity contribution in [3.8, 4) is 5.75 Å². The van der Waals surface area contributed by atoms with Gasteiger partial charge in [-0.1, -0.05) is 20.8 Å². The lowest BCUT2D eigenvalue weighted by atomic mass is 10.0. The van der Waals surface area contributed by atoms with Gasteiger partial charge >= 0.3 is 0 Å². The molecule has 1 aromatic rings. The summed E-state index contributed by atoms with van der Waals surface area (Å²) in [5, 5.41) is 0. The van der Waals surface area contributed by atoms with E-state index in [9.17, 15) is 8.42 Å². The van der Waals surface area contributed by atoms with Crippen LogP contribution in [0.3, 0.4) is 0 Å². The average molecular weight is 286 g/mol. The van der Waals surface area contributed by atoms with E-state index < -0.39 is 10.0 Å². The fourth-order valence-electron chi connectivity index (χ4n) is 1.86. The lowest BCUT2D eigenvalue weighted by molar-refractivity contribution is 0.399. The van der Waals surface area contributed by atoms with Gasteiger partial charge in [-0.25, -0.2) is 13.1 Å². The third-order valence-electron chi connectivity index (χ3n) is 3.03. The standard InChI is InChI=1S/C13H22N2O3S/c1-5-11(9(2)3)15-19(16,17)13-8-10(14)6-7-12(13)18-4/h6-9,11,15H,5,14H2,1-4H3. The van der Waals surface area contributed by atoms with Crippen LogP contribution in [-0.2, 0) is 10.0 Å². The first-order valence-electron chi connectivity index (χ1n) is 6.27. The Hall–Kier alpha value is -1.27. The van der Waals surface area contributed by atoms with Gasteiger partial charge in [-0.15, -0.1) is 0 Å². The maximum atomic E-state index is 12.4. The predicted molar refractivity (Wildman–Crippen MR) is 76.6 cm³/mol. The van der Waals surface area contributed by atoms with Crippen LogP contribution in [0.15, 0.2) is 23.1 Å². The highest BCUT2D eigenvalue weighted by Gasteiger charge is 2.24. The topological polar surface area (TPSA) is 81.4 Å². The third kappa shape index (κ3) is 3.84. The molecule has 1 unspecified atom stereocenters. The summed E-state index contributed by atoms with van der Waals surface area (Å²) in [6.07, 6.45) is 0.724. The Morgan fingerprint density at radius 3 is 2.47 bits per heavy atom. The summed E-state index contributed by atoms with van der Waals surface area (Å²) in [5.74, 6) is 0.507. The van der Waals surface area contributed by atoms with Crippen LogP contribution in [0.5, 0.6) is 5.75 Å². The van der Waals surface area contributed by atoms with Crippen molar-refractivity contribution in [1.82, 2.24) is 4.72 Å². The highest BCUT2D eigenvalue weighted by atomic mass is 32.2. The number of anilines is 1. The lowest BCUT2D eigenvalue weighted by Gasteiger charge is -2.21. The smallest absolute Gasteiger partial charge is 0.244 e. The van der Waals surface area contributed by atoms with Crippen molar-refractivity contribution in [2.24, 2.45) is 5.92 Å². The second kappa shape index (κ2) is 6.25. The molecule has 0 radical (unpaired) electrons. The van der Waals surface area contributed by atoms with Gasteiger partial charge in [0.25, 0.3) is 0 Å². The van der Waals surface area contributed by atoms with Crippen LogP contribution in [0.4, 0.5) is 5.69 Å². The summed E-state index contributed by atoms with van der Waals surface area (Å²) in [6.45, 7) is 5.91. The van der Waals surface area contributed by atoms with Crippen molar-refractivity contribution in [2.75, 3.05) is 12.8 Å². The van der Waals surface area contributed by atoms with E-state index in [0.717, 1.165) is 6.42 Å². The number of methoxy groups -OCH3 is 1. The molecule has 0 aliphatic heterocycles. The van der Waals surface area contributed by atoms with E-state index in [1.165, 1.54) is 13.2 Å². The summed E-state index contributed by atoms with van der Waals surface area (Å²) in [5.41, 5.74) is 6.04. The van der Waals surface area contributed by atoms with Crippen LogP contribution in [0.1, 0.15) is 27.2 Å². The number of ether oxygens (including phenoxy) is 1. The fraction of sp³-hybridized carbons (Fsp3) is 0.538. The maximum absolute atomic E-state index is 12.4. The molecule has 0 bridgehead atoms. The van der Waals surface area contributed by atoms with E-state index in [4.69, 9.17) is 10.5 Å². The summed E-state index contributed by atoms with van der Waals surface area (Å²) >= 11 is 0. The fourth-order valence-corrected chi connectivity index (χ4v) is 3.53. The number of nitrogens with one attached hydrogen (secondary N) is 1. The van der Waals surface area contributed by atoms with Crippen LogP contribution in [0, 0.1) is 5.92 Å². The molecule has 0 saturated carbocycles. The molecule has 19 heavy (non-hydrogen) atoms. The molecule has 0 aliphatic carbocycles. The molecule has 0 fully saturated rings. The predicted octanol–water partition coefficient (Wildman–Crippen LogP) is 1.99. The van der Waals surface area contributed by atoms with Gasteiger partial charge in [0.15, 0.2) is 0 Å². The number of hydrogen-bond acceptors (Lipinski definition) is 4. The van der Waals surface area contributed by atoms with E-state index in [1.807, 2.05) is 20.8 Å². The van der Waals surface area contributed by atoms with E-state index >= 15 is 0 Å². The number of benzene rings is 1. The normalized spacial score (nSPS) is 13.5.